The molecule has 0 aromatic heterocycles. The third-order valence-corrected chi connectivity index (χ3v) is 4.76. The van der Waals surface area contributed by atoms with Crippen LogP contribution in [0.4, 0.5) is 0 Å². The van der Waals surface area contributed by atoms with Crippen molar-refractivity contribution in [2.75, 3.05) is 13.2 Å². The number of carbonyl (C=O) groups is 5. The average molecular weight is 475 g/mol. The van der Waals surface area contributed by atoms with E-state index >= 15 is 0 Å². The van der Waals surface area contributed by atoms with Crippen molar-refractivity contribution in [3.05, 3.63) is 0 Å². The summed E-state index contributed by atoms with van der Waals surface area (Å²) in [5.41, 5.74) is 16.2. The summed E-state index contributed by atoms with van der Waals surface area (Å²) in [6, 6.07) is -4.77. The lowest BCUT2D eigenvalue weighted by Crippen LogP contribution is -2.58. The fraction of sp³-hybridized carbons (Fsp3) is 0.750. The lowest BCUT2D eigenvalue weighted by atomic mass is 10.0. The van der Waals surface area contributed by atoms with Crippen LogP contribution in [0, 0.1) is 5.92 Å². The fourth-order valence-electron chi connectivity index (χ4n) is 2.90. The van der Waals surface area contributed by atoms with Crippen molar-refractivity contribution >= 4 is 29.6 Å². The minimum Gasteiger partial charge on any atom is -0.480 e. The van der Waals surface area contributed by atoms with Crippen LogP contribution in [0.5, 0.6) is 0 Å². The molecule has 0 bridgehead atoms. The zero-order valence-corrected chi connectivity index (χ0v) is 19.2. The maximum absolute atomic E-state index is 12.7. The number of nitrogens with one attached hydrogen (secondary N) is 3. The number of nitrogens with two attached hydrogens (primary N) is 3. The van der Waals surface area contributed by atoms with Gasteiger partial charge < -0.3 is 43.4 Å². The number of unbranched alkanes of at least 4 members (excludes halogenated alkanes) is 1. The highest BCUT2D eigenvalue weighted by atomic mass is 16.4. The first-order chi connectivity index (χ1) is 15.4. The number of aliphatic carboxylic acids is 1. The molecule has 4 amide bonds. The van der Waals surface area contributed by atoms with Gasteiger partial charge in [-0.25, -0.2) is 4.79 Å². The normalized spacial score (nSPS) is 14.6. The van der Waals surface area contributed by atoms with Crippen molar-refractivity contribution in [2.45, 2.75) is 76.5 Å². The second-order valence-electron chi connectivity index (χ2n) is 8.23. The zero-order chi connectivity index (χ0) is 25.6. The van der Waals surface area contributed by atoms with Gasteiger partial charge in [0.1, 0.15) is 18.1 Å². The Labute approximate surface area is 193 Å². The minimum absolute atomic E-state index is 0.000408. The summed E-state index contributed by atoms with van der Waals surface area (Å²) in [4.78, 5) is 59.8. The van der Waals surface area contributed by atoms with Crippen LogP contribution in [0.25, 0.3) is 0 Å². The van der Waals surface area contributed by atoms with Crippen LogP contribution >= 0.6 is 0 Å². The molecule has 190 valence electrons. The van der Waals surface area contributed by atoms with Gasteiger partial charge in [0.15, 0.2) is 0 Å². The van der Waals surface area contributed by atoms with E-state index < -0.39 is 60.4 Å². The molecule has 0 heterocycles. The van der Waals surface area contributed by atoms with Gasteiger partial charge in [-0.05, 0) is 44.6 Å². The van der Waals surface area contributed by atoms with E-state index in [1.807, 2.05) is 13.8 Å². The summed E-state index contributed by atoms with van der Waals surface area (Å²) in [6.07, 6.45) is 1.30. The van der Waals surface area contributed by atoms with Crippen LogP contribution in [0.3, 0.4) is 0 Å². The molecule has 0 rings (SSSR count). The molecule has 0 fully saturated rings. The number of carboxylic acid groups (broad SMARTS) is 1. The molecule has 33 heavy (non-hydrogen) atoms. The number of primary amides is 1. The second-order valence-corrected chi connectivity index (χ2v) is 8.23. The van der Waals surface area contributed by atoms with E-state index in [1.165, 1.54) is 0 Å². The number of carbonyl (C=O) groups excluding carboxylic acids is 4. The third-order valence-electron chi connectivity index (χ3n) is 4.76. The fourth-order valence-corrected chi connectivity index (χ4v) is 2.90. The summed E-state index contributed by atoms with van der Waals surface area (Å²) < 4.78 is 0. The van der Waals surface area contributed by atoms with Crippen LogP contribution in [-0.2, 0) is 24.0 Å². The molecule has 0 aromatic carbocycles. The van der Waals surface area contributed by atoms with Crippen LogP contribution in [-0.4, -0.2) is 77.1 Å². The molecule has 0 saturated carbocycles. The van der Waals surface area contributed by atoms with Crippen LogP contribution in [0.2, 0.25) is 0 Å². The highest BCUT2D eigenvalue weighted by molar-refractivity contribution is 5.94. The molecule has 0 spiro atoms. The molecule has 13 nitrogen and oxygen atoms in total. The van der Waals surface area contributed by atoms with Gasteiger partial charge in [0.25, 0.3) is 0 Å². The number of aliphatic hydroxyl groups excluding tert-OH is 1. The van der Waals surface area contributed by atoms with Gasteiger partial charge in [0.05, 0.1) is 12.6 Å². The van der Waals surface area contributed by atoms with Gasteiger partial charge in [-0.1, -0.05) is 13.8 Å². The SMILES string of the molecule is CC(C)C[C@H](NC(=O)[C@@H](N)CCC(N)=O)C(=O)N[C@@H](CO)C(=O)N[C@@H](CCCCN)C(=O)O. The summed E-state index contributed by atoms with van der Waals surface area (Å²) in [5.74, 6) is -4.19. The number of carboxylic acids is 1. The van der Waals surface area contributed by atoms with Crippen LogP contribution in [0.15, 0.2) is 0 Å². The Bertz CT molecular complexity index is 673. The van der Waals surface area contributed by atoms with E-state index in [9.17, 15) is 34.2 Å². The van der Waals surface area contributed by atoms with Crippen molar-refractivity contribution < 1.29 is 34.2 Å². The minimum atomic E-state index is -1.43. The van der Waals surface area contributed by atoms with Crippen LogP contribution < -0.4 is 33.2 Å². The van der Waals surface area contributed by atoms with Crippen molar-refractivity contribution in [1.82, 2.24) is 16.0 Å². The van der Waals surface area contributed by atoms with Crippen molar-refractivity contribution in [3.63, 3.8) is 0 Å². The molecule has 0 aliphatic carbocycles. The van der Waals surface area contributed by atoms with Gasteiger partial charge in [-0.15, -0.1) is 0 Å². The third kappa shape index (κ3) is 12.7. The number of amides is 4. The predicted octanol–water partition coefficient (Wildman–Crippen LogP) is -2.71. The maximum atomic E-state index is 12.7. The first kappa shape index (κ1) is 30.2. The lowest BCUT2D eigenvalue weighted by molar-refractivity contribution is -0.142. The van der Waals surface area contributed by atoms with Gasteiger partial charge >= 0.3 is 5.97 Å². The van der Waals surface area contributed by atoms with Crippen LogP contribution in [0.1, 0.15) is 52.4 Å². The molecule has 0 aromatic rings. The monoisotopic (exact) mass is 474 g/mol. The van der Waals surface area contributed by atoms with Crippen molar-refractivity contribution in [1.29, 1.82) is 0 Å². The maximum Gasteiger partial charge on any atom is 0.326 e. The molecule has 4 atom stereocenters. The summed E-state index contributed by atoms with van der Waals surface area (Å²) in [6.45, 7) is 3.22. The molecule has 11 N–H and O–H groups in total. The van der Waals surface area contributed by atoms with E-state index in [4.69, 9.17) is 17.2 Å². The predicted molar refractivity (Wildman–Crippen MR) is 119 cm³/mol. The summed E-state index contributed by atoms with van der Waals surface area (Å²) in [5, 5.41) is 26.0. The smallest absolute Gasteiger partial charge is 0.326 e. The highest BCUT2D eigenvalue weighted by Crippen LogP contribution is 2.07. The van der Waals surface area contributed by atoms with Crippen molar-refractivity contribution in [3.8, 4) is 0 Å². The quantitative estimate of drug-likeness (QED) is 0.102. The molecular formula is C20H38N6O7. The number of hydrogen-bond acceptors (Lipinski definition) is 8. The Balaban J connectivity index is 5.17. The average Bonchev–Trinajstić information content (AvgIpc) is 2.73. The molecule has 0 radical (unpaired) electrons. The van der Waals surface area contributed by atoms with E-state index in [2.05, 4.69) is 16.0 Å². The van der Waals surface area contributed by atoms with Gasteiger partial charge in [0.2, 0.25) is 23.6 Å². The standard InChI is InChI=1S/C20H38N6O7/c1-11(2)9-14(25-17(29)12(22)6-7-16(23)28)18(30)26-15(10-27)19(31)24-13(20(32)33)5-3-4-8-21/h11-15,27H,3-10,21-22H2,1-2H3,(H2,23,28)(H,24,31)(H,25,29)(H,26,30)(H,32,33)/t12-,13-,14-,15-/m0/s1. The lowest BCUT2D eigenvalue weighted by Gasteiger charge is -2.25. The van der Waals surface area contributed by atoms with Crippen molar-refractivity contribution in [2.24, 2.45) is 23.1 Å². The Morgan fingerprint density at radius 1 is 0.848 bits per heavy atom. The van der Waals surface area contributed by atoms with E-state index in [-0.39, 0.29) is 31.6 Å². The first-order valence-corrected chi connectivity index (χ1v) is 10.9. The summed E-state index contributed by atoms with van der Waals surface area (Å²) in [7, 11) is 0. The largest absolute Gasteiger partial charge is 0.480 e. The summed E-state index contributed by atoms with van der Waals surface area (Å²) >= 11 is 0. The van der Waals surface area contributed by atoms with E-state index in [1.54, 1.807) is 0 Å². The van der Waals surface area contributed by atoms with E-state index in [0.717, 1.165) is 0 Å². The number of aliphatic hydroxyl groups is 1. The van der Waals surface area contributed by atoms with Gasteiger partial charge in [-0.2, -0.15) is 0 Å². The van der Waals surface area contributed by atoms with E-state index in [0.29, 0.717) is 19.4 Å². The highest BCUT2D eigenvalue weighted by Gasteiger charge is 2.30. The molecular weight excluding hydrogens is 436 g/mol. The second kappa shape index (κ2) is 15.9. The molecule has 0 saturated heterocycles. The Morgan fingerprint density at radius 2 is 1.39 bits per heavy atom. The molecule has 13 heteroatoms. The number of hydrogen-bond donors (Lipinski definition) is 8. The molecule has 0 aliphatic heterocycles. The molecule has 0 aliphatic rings. The molecule has 0 unspecified atom stereocenters. The Morgan fingerprint density at radius 3 is 1.88 bits per heavy atom. The first-order valence-electron chi connectivity index (χ1n) is 10.9. The Kier molecular flexibility index (Phi) is 14.6. The zero-order valence-electron chi connectivity index (χ0n) is 19.2. The number of rotatable bonds is 17. The topological polar surface area (TPSA) is 240 Å². The van der Waals surface area contributed by atoms with Gasteiger partial charge in [0, 0.05) is 6.42 Å². The Hall–Kier alpha value is -2.77. The van der Waals surface area contributed by atoms with Gasteiger partial charge in [-0.3, -0.25) is 19.2 Å².